The summed E-state index contributed by atoms with van der Waals surface area (Å²) in [5.74, 6) is 0.842. The third-order valence-corrected chi connectivity index (χ3v) is 7.33. The highest BCUT2D eigenvalue weighted by Gasteiger charge is 2.41. The zero-order chi connectivity index (χ0) is 25.8. The third-order valence-electron chi connectivity index (χ3n) is 6.98. The number of anilines is 1. The lowest BCUT2D eigenvalue weighted by atomic mass is 9.96. The Kier molecular flexibility index (Phi) is 7.42. The zero-order valence-electron chi connectivity index (χ0n) is 21.5. The number of pyridine rings is 1. The average Bonchev–Trinajstić information content (AvgIpc) is 3.42. The molecule has 4 aromatic rings. The first-order chi connectivity index (χ1) is 18.1. The van der Waals surface area contributed by atoms with E-state index >= 15 is 0 Å². The van der Waals surface area contributed by atoms with Gasteiger partial charge in [0.15, 0.2) is 5.11 Å². The fourth-order valence-corrected chi connectivity index (χ4v) is 5.59. The molecule has 2 N–H and O–H groups in total. The Bertz CT molecular complexity index is 1360. The number of hydrogen-bond donors (Lipinski definition) is 2. The van der Waals surface area contributed by atoms with E-state index in [1.807, 2.05) is 48.7 Å². The molecular weight excluding hydrogens is 478 g/mol. The molecule has 0 bridgehead atoms. The highest BCUT2D eigenvalue weighted by atomic mass is 32.1. The van der Waals surface area contributed by atoms with E-state index in [-0.39, 0.29) is 12.1 Å². The van der Waals surface area contributed by atoms with Crippen molar-refractivity contribution in [2.24, 2.45) is 0 Å². The van der Waals surface area contributed by atoms with Gasteiger partial charge in [-0.15, -0.1) is 0 Å². The van der Waals surface area contributed by atoms with Gasteiger partial charge in [0.25, 0.3) is 0 Å². The standard InChI is InChI=1S/C30H33N5OS/c1-21-19-26(22(2)35(21)24-13-9-14-25(20-24)36-3)29-28(27-15-7-8-16-32-27)33-30(37)34(29)18-10-17-31-23-11-5-4-6-12-23/h4-9,11-16,19-20,28-29,31H,10,17-18H2,1-3H3,(H,33,37). The zero-order valence-corrected chi connectivity index (χ0v) is 22.3. The average molecular weight is 512 g/mol. The second-order valence-electron chi connectivity index (χ2n) is 9.33. The van der Waals surface area contributed by atoms with Gasteiger partial charge in [-0.25, -0.2) is 0 Å². The maximum atomic E-state index is 5.89. The number of rotatable bonds is 9. The molecule has 2 atom stereocenters. The molecule has 190 valence electrons. The predicted molar refractivity (Wildman–Crippen MR) is 154 cm³/mol. The number of thiocarbonyl (C=S) groups is 1. The minimum Gasteiger partial charge on any atom is -0.497 e. The van der Waals surface area contributed by atoms with E-state index in [2.05, 4.69) is 70.3 Å². The maximum Gasteiger partial charge on any atom is 0.170 e. The summed E-state index contributed by atoms with van der Waals surface area (Å²) in [6.07, 6.45) is 2.81. The van der Waals surface area contributed by atoms with Crippen molar-refractivity contribution in [3.63, 3.8) is 0 Å². The number of aromatic nitrogens is 2. The molecule has 0 saturated carbocycles. The Balaban J connectivity index is 1.46. The van der Waals surface area contributed by atoms with Crippen LogP contribution in [0.2, 0.25) is 0 Å². The van der Waals surface area contributed by atoms with Gasteiger partial charge in [0, 0.05) is 48.1 Å². The summed E-state index contributed by atoms with van der Waals surface area (Å²) in [5, 5.41) is 7.88. The molecule has 0 aliphatic carbocycles. The van der Waals surface area contributed by atoms with Crippen LogP contribution in [0.3, 0.4) is 0 Å². The van der Waals surface area contributed by atoms with Crippen LogP contribution < -0.4 is 15.4 Å². The van der Waals surface area contributed by atoms with Gasteiger partial charge < -0.3 is 24.8 Å². The van der Waals surface area contributed by atoms with Gasteiger partial charge in [0.1, 0.15) is 5.75 Å². The molecule has 2 unspecified atom stereocenters. The van der Waals surface area contributed by atoms with E-state index < -0.39 is 0 Å². The van der Waals surface area contributed by atoms with E-state index in [0.717, 1.165) is 47.4 Å². The van der Waals surface area contributed by atoms with Crippen LogP contribution in [0.4, 0.5) is 5.69 Å². The van der Waals surface area contributed by atoms with Gasteiger partial charge in [-0.1, -0.05) is 30.3 Å². The number of para-hydroxylation sites is 1. The van der Waals surface area contributed by atoms with Crippen LogP contribution >= 0.6 is 12.2 Å². The summed E-state index contributed by atoms with van der Waals surface area (Å²) >= 11 is 5.89. The molecule has 5 rings (SSSR count). The van der Waals surface area contributed by atoms with Gasteiger partial charge >= 0.3 is 0 Å². The summed E-state index contributed by atoms with van der Waals surface area (Å²) < 4.78 is 7.79. The number of nitrogens with zero attached hydrogens (tertiary/aromatic N) is 3. The van der Waals surface area contributed by atoms with Gasteiger partial charge in [0.05, 0.1) is 24.9 Å². The van der Waals surface area contributed by atoms with Crippen molar-refractivity contribution in [1.82, 2.24) is 19.8 Å². The van der Waals surface area contributed by atoms with Gasteiger partial charge in [-0.2, -0.15) is 0 Å². The minimum absolute atomic E-state index is 0.0321. The number of aryl methyl sites for hydroxylation is 1. The molecule has 0 radical (unpaired) electrons. The molecular formula is C30H33N5OS. The van der Waals surface area contributed by atoms with E-state index in [9.17, 15) is 0 Å². The first-order valence-corrected chi connectivity index (χ1v) is 13.1. The van der Waals surface area contributed by atoms with Gasteiger partial charge in [0.2, 0.25) is 0 Å². The highest BCUT2D eigenvalue weighted by Crippen LogP contribution is 2.41. The molecule has 7 heteroatoms. The summed E-state index contributed by atoms with van der Waals surface area (Å²) in [5.41, 5.74) is 6.82. The number of ether oxygens (including phenoxy) is 1. The minimum atomic E-state index is -0.0324. The molecule has 2 aromatic carbocycles. The third kappa shape index (κ3) is 5.18. The summed E-state index contributed by atoms with van der Waals surface area (Å²) in [6, 6.07) is 26.9. The Morgan fingerprint density at radius 3 is 2.57 bits per heavy atom. The molecule has 1 aliphatic heterocycles. The number of benzene rings is 2. The summed E-state index contributed by atoms with van der Waals surface area (Å²) in [6.45, 7) is 6.05. The Morgan fingerprint density at radius 1 is 1.00 bits per heavy atom. The first kappa shape index (κ1) is 24.8. The molecule has 0 spiro atoms. The monoisotopic (exact) mass is 511 g/mol. The van der Waals surface area contributed by atoms with E-state index in [1.165, 1.54) is 17.0 Å². The van der Waals surface area contributed by atoms with Crippen molar-refractivity contribution in [1.29, 1.82) is 0 Å². The SMILES string of the molecule is COc1cccc(-n2c(C)cc(C3C(c4ccccn4)NC(=S)N3CCCNc3ccccc3)c2C)c1. The van der Waals surface area contributed by atoms with Crippen molar-refractivity contribution in [3.8, 4) is 11.4 Å². The van der Waals surface area contributed by atoms with Gasteiger partial charge in [-0.05, 0) is 80.5 Å². The maximum absolute atomic E-state index is 5.89. The van der Waals surface area contributed by atoms with Crippen LogP contribution in [0, 0.1) is 13.8 Å². The van der Waals surface area contributed by atoms with Crippen LogP contribution in [0.1, 0.15) is 41.1 Å². The Labute approximate surface area is 224 Å². The Hall–Kier alpha value is -3.84. The summed E-state index contributed by atoms with van der Waals surface area (Å²) in [4.78, 5) is 7.03. The number of hydrogen-bond acceptors (Lipinski definition) is 4. The van der Waals surface area contributed by atoms with Crippen LogP contribution in [-0.2, 0) is 0 Å². The van der Waals surface area contributed by atoms with Crippen LogP contribution in [-0.4, -0.2) is 39.8 Å². The highest BCUT2D eigenvalue weighted by molar-refractivity contribution is 7.80. The largest absolute Gasteiger partial charge is 0.497 e. The molecule has 1 saturated heterocycles. The van der Waals surface area contributed by atoms with E-state index in [0.29, 0.717) is 0 Å². The molecule has 1 aliphatic rings. The Morgan fingerprint density at radius 2 is 1.81 bits per heavy atom. The summed E-state index contributed by atoms with van der Waals surface area (Å²) in [7, 11) is 1.70. The molecule has 37 heavy (non-hydrogen) atoms. The lowest BCUT2D eigenvalue weighted by Gasteiger charge is -2.28. The van der Waals surface area contributed by atoms with Crippen LogP contribution in [0.25, 0.3) is 5.69 Å². The predicted octanol–water partition coefficient (Wildman–Crippen LogP) is 5.97. The number of methoxy groups -OCH3 is 1. The molecule has 6 nitrogen and oxygen atoms in total. The van der Waals surface area contributed by atoms with Crippen molar-refractivity contribution in [2.45, 2.75) is 32.4 Å². The second kappa shape index (κ2) is 11.0. The van der Waals surface area contributed by atoms with Crippen molar-refractivity contribution in [2.75, 3.05) is 25.5 Å². The molecule has 1 fully saturated rings. The second-order valence-corrected chi connectivity index (χ2v) is 9.72. The van der Waals surface area contributed by atoms with Gasteiger partial charge in [-0.3, -0.25) is 4.98 Å². The van der Waals surface area contributed by atoms with E-state index in [4.69, 9.17) is 21.9 Å². The fraction of sp³-hybridized carbons (Fsp3) is 0.267. The smallest absolute Gasteiger partial charge is 0.170 e. The van der Waals surface area contributed by atoms with Crippen molar-refractivity contribution >= 4 is 23.0 Å². The van der Waals surface area contributed by atoms with E-state index in [1.54, 1.807) is 7.11 Å². The fourth-order valence-electron chi connectivity index (χ4n) is 5.26. The quantitative estimate of drug-likeness (QED) is 0.213. The molecule has 2 aromatic heterocycles. The van der Waals surface area contributed by atoms with Crippen molar-refractivity contribution < 1.29 is 4.74 Å². The topological polar surface area (TPSA) is 54.4 Å². The van der Waals surface area contributed by atoms with Crippen LogP contribution in [0.5, 0.6) is 5.75 Å². The van der Waals surface area contributed by atoms with Crippen molar-refractivity contribution in [3.05, 3.63) is 108 Å². The number of nitrogens with one attached hydrogen (secondary N) is 2. The molecule has 3 heterocycles. The lowest BCUT2D eigenvalue weighted by molar-refractivity contribution is 0.315. The van der Waals surface area contributed by atoms with Crippen LogP contribution in [0.15, 0.2) is 85.1 Å². The normalized spacial score (nSPS) is 17.1. The lowest BCUT2D eigenvalue weighted by Crippen LogP contribution is -2.31. The first-order valence-electron chi connectivity index (χ1n) is 12.7. The molecule has 0 amide bonds.